The van der Waals surface area contributed by atoms with Crippen LogP contribution in [0.3, 0.4) is 0 Å². The van der Waals surface area contributed by atoms with E-state index in [2.05, 4.69) is 24.3 Å². The first kappa shape index (κ1) is 15.8. The molecule has 0 atom stereocenters. The number of hydrogen-bond acceptors (Lipinski definition) is 3. The fraction of sp³-hybridized carbons (Fsp3) is 0.857. The molecule has 4 N–H and O–H groups in total. The Hall–Kier alpha value is -1.26. The van der Waals surface area contributed by atoms with Gasteiger partial charge in [0.1, 0.15) is 5.54 Å². The zero-order chi connectivity index (χ0) is 14.3. The van der Waals surface area contributed by atoms with Crippen molar-refractivity contribution in [2.45, 2.75) is 70.8 Å². The standard InChI is InChI=1S/C14H27N3O2/c1-3-7-11(8-4-2)12(18)16-14(13(15)17-19)9-5-6-10-14/h11,19H,3-10H2,1-2H3,(H2,15,17)(H,16,18). The van der Waals surface area contributed by atoms with Gasteiger partial charge in [-0.2, -0.15) is 0 Å². The fourth-order valence-corrected chi connectivity index (χ4v) is 2.96. The molecule has 1 aliphatic carbocycles. The lowest BCUT2D eigenvalue weighted by Crippen LogP contribution is -2.57. The summed E-state index contributed by atoms with van der Waals surface area (Å²) in [5.74, 6) is 0.237. The molecule has 0 aliphatic heterocycles. The molecule has 0 aromatic heterocycles. The Morgan fingerprint density at radius 1 is 1.32 bits per heavy atom. The van der Waals surface area contributed by atoms with E-state index in [1.165, 1.54) is 0 Å². The van der Waals surface area contributed by atoms with Gasteiger partial charge in [-0.25, -0.2) is 0 Å². The molecule has 0 unspecified atom stereocenters. The van der Waals surface area contributed by atoms with Crippen LogP contribution in [0.5, 0.6) is 0 Å². The molecular weight excluding hydrogens is 242 g/mol. The van der Waals surface area contributed by atoms with Gasteiger partial charge in [-0.1, -0.05) is 44.7 Å². The molecule has 0 radical (unpaired) electrons. The summed E-state index contributed by atoms with van der Waals surface area (Å²) in [6.45, 7) is 4.18. The van der Waals surface area contributed by atoms with Crippen molar-refractivity contribution in [2.24, 2.45) is 16.8 Å². The van der Waals surface area contributed by atoms with Gasteiger partial charge in [0.05, 0.1) is 0 Å². The van der Waals surface area contributed by atoms with Gasteiger partial charge in [0.2, 0.25) is 5.91 Å². The predicted molar refractivity (Wildman–Crippen MR) is 76.1 cm³/mol. The first-order valence-electron chi connectivity index (χ1n) is 7.39. The second-order valence-electron chi connectivity index (χ2n) is 5.54. The second-order valence-corrected chi connectivity index (χ2v) is 5.54. The summed E-state index contributed by atoms with van der Waals surface area (Å²) in [7, 11) is 0. The molecule has 5 nitrogen and oxygen atoms in total. The van der Waals surface area contributed by atoms with Gasteiger partial charge in [0, 0.05) is 5.92 Å². The number of carbonyl (C=O) groups excluding carboxylic acids is 1. The number of carbonyl (C=O) groups is 1. The molecule has 1 saturated carbocycles. The summed E-state index contributed by atoms with van der Waals surface area (Å²) >= 11 is 0. The highest BCUT2D eigenvalue weighted by Gasteiger charge is 2.40. The molecule has 0 aromatic carbocycles. The first-order valence-corrected chi connectivity index (χ1v) is 7.39. The number of amidine groups is 1. The van der Waals surface area contributed by atoms with Gasteiger partial charge in [0.25, 0.3) is 0 Å². The van der Waals surface area contributed by atoms with Crippen molar-refractivity contribution < 1.29 is 10.0 Å². The van der Waals surface area contributed by atoms with E-state index >= 15 is 0 Å². The van der Waals surface area contributed by atoms with E-state index in [1.54, 1.807) is 0 Å². The Labute approximate surface area is 115 Å². The highest BCUT2D eigenvalue weighted by molar-refractivity contribution is 5.94. The summed E-state index contributed by atoms with van der Waals surface area (Å²) in [6.07, 6.45) is 7.31. The van der Waals surface area contributed by atoms with Crippen LogP contribution in [0.15, 0.2) is 5.16 Å². The average Bonchev–Trinajstić information content (AvgIpc) is 2.87. The van der Waals surface area contributed by atoms with Crippen molar-refractivity contribution in [3.05, 3.63) is 0 Å². The van der Waals surface area contributed by atoms with E-state index in [4.69, 9.17) is 10.9 Å². The molecule has 1 aliphatic rings. The molecule has 1 fully saturated rings. The molecule has 110 valence electrons. The number of nitrogens with zero attached hydrogens (tertiary/aromatic N) is 1. The molecule has 0 spiro atoms. The third kappa shape index (κ3) is 3.85. The Kier molecular flexibility index (Phi) is 6.12. The average molecular weight is 269 g/mol. The largest absolute Gasteiger partial charge is 0.409 e. The lowest BCUT2D eigenvalue weighted by molar-refractivity contribution is -0.126. The number of amides is 1. The van der Waals surface area contributed by atoms with E-state index in [1.807, 2.05) is 0 Å². The summed E-state index contributed by atoms with van der Waals surface area (Å²) < 4.78 is 0. The van der Waals surface area contributed by atoms with Crippen molar-refractivity contribution in [3.63, 3.8) is 0 Å². The molecule has 1 amide bonds. The summed E-state index contributed by atoms with van der Waals surface area (Å²) in [5, 5.41) is 15.1. The van der Waals surface area contributed by atoms with Gasteiger partial charge in [-0.3, -0.25) is 4.79 Å². The van der Waals surface area contributed by atoms with E-state index in [-0.39, 0.29) is 17.7 Å². The minimum Gasteiger partial charge on any atom is -0.409 e. The first-order chi connectivity index (χ1) is 9.09. The van der Waals surface area contributed by atoms with Crippen LogP contribution in [-0.2, 0) is 4.79 Å². The third-order valence-corrected chi connectivity index (χ3v) is 4.06. The van der Waals surface area contributed by atoms with Crippen molar-refractivity contribution in [3.8, 4) is 0 Å². The third-order valence-electron chi connectivity index (χ3n) is 4.06. The Bertz CT molecular complexity index is 317. The zero-order valence-corrected chi connectivity index (χ0v) is 12.1. The van der Waals surface area contributed by atoms with Gasteiger partial charge in [0.15, 0.2) is 5.84 Å². The summed E-state index contributed by atoms with van der Waals surface area (Å²) in [6, 6.07) is 0. The van der Waals surface area contributed by atoms with Crippen LogP contribution in [0.4, 0.5) is 0 Å². The van der Waals surface area contributed by atoms with Crippen LogP contribution in [0.2, 0.25) is 0 Å². The number of oxime groups is 1. The lowest BCUT2D eigenvalue weighted by atomic mass is 9.92. The van der Waals surface area contributed by atoms with Gasteiger partial charge in [-0.05, 0) is 25.7 Å². The van der Waals surface area contributed by atoms with E-state index < -0.39 is 5.54 Å². The molecule has 0 aromatic rings. The van der Waals surface area contributed by atoms with Crippen molar-refractivity contribution in [1.82, 2.24) is 5.32 Å². The van der Waals surface area contributed by atoms with E-state index in [9.17, 15) is 4.79 Å². The molecule has 0 bridgehead atoms. The molecule has 0 saturated heterocycles. The van der Waals surface area contributed by atoms with Crippen LogP contribution in [0.1, 0.15) is 65.2 Å². The SMILES string of the molecule is CCCC(CCC)C(=O)NC1(C(N)=NO)CCCC1. The number of hydrogen-bond donors (Lipinski definition) is 3. The maximum Gasteiger partial charge on any atom is 0.223 e. The molecule has 19 heavy (non-hydrogen) atoms. The van der Waals surface area contributed by atoms with Gasteiger partial charge >= 0.3 is 0 Å². The fourth-order valence-electron chi connectivity index (χ4n) is 2.96. The van der Waals surface area contributed by atoms with E-state index in [0.29, 0.717) is 0 Å². The van der Waals surface area contributed by atoms with Crippen molar-refractivity contribution in [2.75, 3.05) is 0 Å². The quantitative estimate of drug-likeness (QED) is 0.287. The minimum atomic E-state index is -0.619. The van der Waals surface area contributed by atoms with Crippen LogP contribution in [0, 0.1) is 5.92 Å². The lowest BCUT2D eigenvalue weighted by Gasteiger charge is -2.30. The van der Waals surface area contributed by atoms with Crippen molar-refractivity contribution in [1.29, 1.82) is 0 Å². The smallest absolute Gasteiger partial charge is 0.223 e. The van der Waals surface area contributed by atoms with Crippen LogP contribution in [0.25, 0.3) is 0 Å². The van der Waals surface area contributed by atoms with Crippen LogP contribution >= 0.6 is 0 Å². The molecule has 1 rings (SSSR count). The minimum absolute atomic E-state index is 0.0407. The zero-order valence-electron chi connectivity index (χ0n) is 12.1. The van der Waals surface area contributed by atoms with Crippen LogP contribution in [-0.4, -0.2) is 22.5 Å². The van der Waals surface area contributed by atoms with Gasteiger partial charge in [-0.15, -0.1) is 0 Å². The number of nitrogens with two attached hydrogens (primary N) is 1. The summed E-state index contributed by atoms with van der Waals surface area (Å²) in [5.41, 5.74) is 5.18. The maximum atomic E-state index is 12.4. The normalized spacial score (nSPS) is 18.8. The van der Waals surface area contributed by atoms with E-state index in [0.717, 1.165) is 51.4 Å². The highest BCUT2D eigenvalue weighted by Crippen LogP contribution is 2.30. The molecule has 5 heteroatoms. The van der Waals surface area contributed by atoms with Gasteiger partial charge < -0.3 is 16.3 Å². The number of rotatable bonds is 7. The Morgan fingerprint density at radius 2 is 1.84 bits per heavy atom. The number of nitrogens with one attached hydrogen (secondary N) is 1. The summed E-state index contributed by atoms with van der Waals surface area (Å²) in [4.78, 5) is 12.4. The predicted octanol–water partition coefficient (Wildman–Crippen LogP) is 2.38. The molecule has 0 heterocycles. The van der Waals surface area contributed by atoms with Crippen molar-refractivity contribution >= 4 is 11.7 Å². The Morgan fingerprint density at radius 3 is 2.26 bits per heavy atom. The maximum absolute atomic E-state index is 12.4. The topological polar surface area (TPSA) is 87.7 Å². The monoisotopic (exact) mass is 269 g/mol. The molecular formula is C14H27N3O2. The van der Waals surface area contributed by atoms with Crippen LogP contribution < -0.4 is 11.1 Å². The highest BCUT2D eigenvalue weighted by atomic mass is 16.4. The Balaban J connectivity index is 2.75. The second kappa shape index (κ2) is 7.36.